The summed E-state index contributed by atoms with van der Waals surface area (Å²) < 4.78 is 0. The fourth-order valence-corrected chi connectivity index (χ4v) is 1.84. The molecule has 0 heterocycles. The summed E-state index contributed by atoms with van der Waals surface area (Å²) in [4.78, 5) is 0. The molecule has 0 unspecified atom stereocenters. The van der Waals surface area contributed by atoms with Crippen molar-refractivity contribution in [3.05, 3.63) is 60.2 Å². The van der Waals surface area contributed by atoms with Crippen LogP contribution in [0.2, 0.25) is 0 Å². The van der Waals surface area contributed by atoms with Crippen LogP contribution in [-0.4, -0.2) is 7.05 Å². The van der Waals surface area contributed by atoms with Crippen molar-refractivity contribution >= 4 is 11.3 Å². The maximum atomic E-state index is 3.99. The van der Waals surface area contributed by atoms with Crippen LogP contribution in [0.15, 0.2) is 43.5 Å². The van der Waals surface area contributed by atoms with Crippen LogP contribution in [0.4, 0.5) is 0 Å². The molecule has 17 heavy (non-hydrogen) atoms. The van der Waals surface area contributed by atoms with Gasteiger partial charge < -0.3 is 5.32 Å². The highest BCUT2D eigenvalue weighted by atomic mass is 14.8. The Kier molecular flexibility index (Phi) is 4.77. The third-order valence-electron chi connectivity index (χ3n) is 2.93. The molecule has 0 aliphatic rings. The molecule has 1 heteroatoms. The standard InChI is InChI=1S/C16H21N/c1-6-8-14(7-2)16-11-15(13(4)17-5)10-9-12(16)3/h6,8-11,17H,1,4,7H2,2-3,5H3/b14-8-. The Balaban J connectivity index is 3.27. The van der Waals surface area contributed by atoms with Crippen LogP contribution in [0.1, 0.15) is 30.0 Å². The van der Waals surface area contributed by atoms with Crippen LogP contribution in [-0.2, 0) is 0 Å². The highest BCUT2D eigenvalue weighted by Crippen LogP contribution is 2.25. The molecule has 1 nitrogen and oxygen atoms in total. The summed E-state index contributed by atoms with van der Waals surface area (Å²) in [6.45, 7) is 12.1. The second kappa shape index (κ2) is 6.09. The first-order valence-corrected chi connectivity index (χ1v) is 5.93. The average molecular weight is 227 g/mol. The first kappa shape index (κ1) is 13.3. The van der Waals surface area contributed by atoms with E-state index in [0.717, 1.165) is 17.7 Å². The van der Waals surface area contributed by atoms with Gasteiger partial charge in [0.1, 0.15) is 0 Å². The van der Waals surface area contributed by atoms with Crippen LogP contribution < -0.4 is 5.32 Å². The molecule has 0 aliphatic carbocycles. The van der Waals surface area contributed by atoms with Gasteiger partial charge in [0, 0.05) is 12.7 Å². The van der Waals surface area contributed by atoms with E-state index in [1.54, 1.807) is 0 Å². The maximum Gasteiger partial charge on any atom is 0.0338 e. The summed E-state index contributed by atoms with van der Waals surface area (Å²) in [5.74, 6) is 0. The highest BCUT2D eigenvalue weighted by Gasteiger charge is 2.05. The lowest BCUT2D eigenvalue weighted by Crippen LogP contribution is -2.03. The van der Waals surface area contributed by atoms with Crippen molar-refractivity contribution in [2.24, 2.45) is 0 Å². The lowest BCUT2D eigenvalue weighted by atomic mass is 9.95. The molecule has 0 saturated carbocycles. The lowest BCUT2D eigenvalue weighted by Gasteiger charge is -2.12. The molecule has 1 N–H and O–H groups in total. The van der Waals surface area contributed by atoms with Gasteiger partial charge in [-0.05, 0) is 41.7 Å². The molecule has 0 atom stereocenters. The lowest BCUT2D eigenvalue weighted by molar-refractivity contribution is 1.13. The van der Waals surface area contributed by atoms with Gasteiger partial charge in [-0.2, -0.15) is 0 Å². The number of allylic oxidation sites excluding steroid dienone is 3. The van der Waals surface area contributed by atoms with Gasteiger partial charge in [0.15, 0.2) is 0 Å². The second-order valence-corrected chi connectivity index (χ2v) is 4.04. The van der Waals surface area contributed by atoms with E-state index in [0.29, 0.717) is 0 Å². The Morgan fingerprint density at radius 2 is 2.12 bits per heavy atom. The number of hydrogen-bond acceptors (Lipinski definition) is 1. The molecule has 1 aromatic carbocycles. The largest absolute Gasteiger partial charge is 0.388 e. The third kappa shape index (κ3) is 3.10. The van der Waals surface area contributed by atoms with E-state index in [9.17, 15) is 0 Å². The summed E-state index contributed by atoms with van der Waals surface area (Å²) in [6.07, 6.45) is 4.93. The van der Waals surface area contributed by atoms with Crippen LogP contribution in [0.3, 0.4) is 0 Å². The zero-order valence-corrected chi connectivity index (χ0v) is 11.0. The van der Waals surface area contributed by atoms with Crippen molar-refractivity contribution in [2.75, 3.05) is 7.05 Å². The summed E-state index contributed by atoms with van der Waals surface area (Å²) in [5.41, 5.74) is 5.95. The van der Waals surface area contributed by atoms with E-state index in [-0.39, 0.29) is 0 Å². The average Bonchev–Trinajstić information content (AvgIpc) is 2.36. The molecule has 0 fully saturated rings. The van der Waals surface area contributed by atoms with Gasteiger partial charge in [-0.1, -0.05) is 44.4 Å². The number of hydrogen-bond donors (Lipinski definition) is 1. The topological polar surface area (TPSA) is 12.0 Å². The number of benzene rings is 1. The first-order valence-electron chi connectivity index (χ1n) is 5.93. The Hall–Kier alpha value is -1.76. The van der Waals surface area contributed by atoms with E-state index in [1.165, 1.54) is 16.7 Å². The van der Waals surface area contributed by atoms with Crippen LogP contribution in [0.25, 0.3) is 11.3 Å². The number of aryl methyl sites for hydroxylation is 1. The van der Waals surface area contributed by atoms with Gasteiger partial charge >= 0.3 is 0 Å². The second-order valence-electron chi connectivity index (χ2n) is 4.04. The van der Waals surface area contributed by atoms with Crippen molar-refractivity contribution < 1.29 is 0 Å². The molecule has 0 saturated heterocycles. The van der Waals surface area contributed by atoms with Gasteiger partial charge in [0.2, 0.25) is 0 Å². The predicted molar refractivity (Wildman–Crippen MR) is 77.7 cm³/mol. The molecular formula is C16H21N. The number of nitrogens with one attached hydrogen (secondary N) is 1. The molecule has 0 aromatic heterocycles. The summed E-state index contributed by atoms with van der Waals surface area (Å²) in [6, 6.07) is 6.42. The SMILES string of the molecule is C=C/C=C(/CC)c1cc(C(=C)NC)ccc1C. The van der Waals surface area contributed by atoms with Crippen molar-refractivity contribution in [3.63, 3.8) is 0 Å². The number of rotatable bonds is 5. The fraction of sp³-hybridized carbons (Fsp3) is 0.250. The van der Waals surface area contributed by atoms with Crippen LogP contribution in [0, 0.1) is 6.92 Å². The Morgan fingerprint density at radius 3 is 2.65 bits per heavy atom. The minimum absolute atomic E-state index is 0.945. The van der Waals surface area contributed by atoms with E-state index in [2.05, 4.69) is 56.6 Å². The van der Waals surface area contributed by atoms with Crippen molar-refractivity contribution in [1.29, 1.82) is 0 Å². The molecule has 0 spiro atoms. The van der Waals surface area contributed by atoms with Gasteiger partial charge in [0.05, 0.1) is 0 Å². The zero-order chi connectivity index (χ0) is 12.8. The minimum atomic E-state index is 0.945. The molecule has 1 aromatic rings. The van der Waals surface area contributed by atoms with Crippen LogP contribution >= 0.6 is 0 Å². The molecule has 0 radical (unpaired) electrons. The molecule has 0 bridgehead atoms. The van der Waals surface area contributed by atoms with E-state index >= 15 is 0 Å². The molecule has 0 amide bonds. The first-order chi connectivity index (χ1) is 8.13. The van der Waals surface area contributed by atoms with Gasteiger partial charge in [-0.25, -0.2) is 0 Å². The molecule has 1 rings (SSSR count). The highest BCUT2D eigenvalue weighted by molar-refractivity contribution is 5.73. The van der Waals surface area contributed by atoms with Crippen LogP contribution in [0.5, 0.6) is 0 Å². The van der Waals surface area contributed by atoms with Crippen molar-refractivity contribution in [1.82, 2.24) is 5.32 Å². The van der Waals surface area contributed by atoms with E-state index in [1.807, 2.05) is 13.1 Å². The molecular weight excluding hydrogens is 206 g/mol. The Labute approximate surface area is 105 Å². The fourth-order valence-electron chi connectivity index (χ4n) is 1.84. The summed E-state index contributed by atoms with van der Waals surface area (Å²) >= 11 is 0. The summed E-state index contributed by atoms with van der Waals surface area (Å²) in [7, 11) is 1.89. The molecule has 90 valence electrons. The van der Waals surface area contributed by atoms with Gasteiger partial charge in [-0.3, -0.25) is 0 Å². The Bertz CT molecular complexity index is 453. The van der Waals surface area contributed by atoms with Crippen molar-refractivity contribution in [3.8, 4) is 0 Å². The quantitative estimate of drug-likeness (QED) is 0.745. The van der Waals surface area contributed by atoms with Gasteiger partial charge in [0.25, 0.3) is 0 Å². The van der Waals surface area contributed by atoms with E-state index in [4.69, 9.17) is 0 Å². The van der Waals surface area contributed by atoms with Gasteiger partial charge in [-0.15, -0.1) is 0 Å². The normalized spacial score (nSPS) is 11.1. The Morgan fingerprint density at radius 1 is 1.41 bits per heavy atom. The third-order valence-corrected chi connectivity index (χ3v) is 2.93. The monoisotopic (exact) mass is 227 g/mol. The zero-order valence-electron chi connectivity index (χ0n) is 11.0. The van der Waals surface area contributed by atoms with E-state index < -0.39 is 0 Å². The maximum absolute atomic E-state index is 3.99. The predicted octanol–water partition coefficient (Wildman–Crippen LogP) is 4.16. The minimum Gasteiger partial charge on any atom is -0.388 e. The van der Waals surface area contributed by atoms with Crippen molar-refractivity contribution in [2.45, 2.75) is 20.3 Å². The molecule has 0 aliphatic heterocycles. The smallest absolute Gasteiger partial charge is 0.0338 e. The summed E-state index contributed by atoms with van der Waals surface area (Å²) in [5, 5.41) is 3.08.